The summed E-state index contributed by atoms with van der Waals surface area (Å²) in [6.45, 7) is 1.98. The molecule has 0 saturated heterocycles. The van der Waals surface area contributed by atoms with E-state index in [-0.39, 0.29) is 10.7 Å². The molecule has 0 aromatic heterocycles. The number of aryl methyl sites for hydroxylation is 1. The van der Waals surface area contributed by atoms with Gasteiger partial charge in [-0.1, -0.05) is 29.8 Å². The minimum atomic E-state index is -0.513. The van der Waals surface area contributed by atoms with Crippen molar-refractivity contribution in [2.24, 2.45) is 0 Å². The van der Waals surface area contributed by atoms with Crippen molar-refractivity contribution in [3.8, 4) is 17.2 Å². The van der Waals surface area contributed by atoms with Crippen molar-refractivity contribution in [1.82, 2.24) is 16.2 Å². The van der Waals surface area contributed by atoms with Gasteiger partial charge in [0.25, 0.3) is 5.91 Å². The predicted octanol–water partition coefficient (Wildman–Crippen LogP) is 2.37. The molecule has 2 aromatic rings. The molecule has 0 spiro atoms. The van der Waals surface area contributed by atoms with Gasteiger partial charge in [-0.3, -0.25) is 25.8 Å². The van der Waals surface area contributed by atoms with Gasteiger partial charge in [-0.15, -0.1) is 0 Å². The summed E-state index contributed by atoms with van der Waals surface area (Å²) < 4.78 is 15.7. The zero-order valence-electron chi connectivity index (χ0n) is 17.1. The first-order chi connectivity index (χ1) is 14.4. The fourth-order valence-electron chi connectivity index (χ4n) is 2.43. The number of hydrazine groups is 1. The quantitative estimate of drug-likeness (QED) is 0.368. The van der Waals surface area contributed by atoms with Gasteiger partial charge in [-0.2, -0.15) is 0 Å². The number of hydrogen-bond acceptors (Lipinski definition) is 6. The maximum atomic E-state index is 12.4. The second-order valence-electron chi connectivity index (χ2n) is 6.06. The Morgan fingerprint density at radius 3 is 2.07 bits per heavy atom. The molecule has 0 heterocycles. The topological polar surface area (TPSA) is 97.9 Å². The summed E-state index contributed by atoms with van der Waals surface area (Å²) in [5, 5.41) is 2.38. The highest BCUT2D eigenvalue weighted by Crippen LogP contribution is 2.38. The van der Waals surface area contributed by atoms with E-state index in [1.807, 2.05) is 31.2 Å². The Morgan fingerprint density at radius 1 is 0.933 bits per heavy atom. The fourth-order valence-corrected chi connectivity index (χ4v) is 2.58. The lowest BCUT2D eigenvalue weighted by atomic mass is 10.1. The molecule has 0 aliphatic rings. The van der Waals surface area contributed by atoms with Crippen LogP contribution >= 0.6 is 12.2 Å². The first-order valence-corrected chi connectivity index (χ1v) is 9.24. The zero-order valence-corrected chi connectivity index (χ0v) is 17.9. The molecule has 8 nitrogen and oxygen atoms in total. The molecule has 3 N–H and O–H groups in total. The molecular formula is C21H23N3O5S. The van der Waals surface area contributed by atoms with Crippen LogP contribution in [0, 0.1) is 6.92 Å². The van der Waals surface area contributed by atoms with Crippen LogP contribution in [0.1, 0.15) is 21.5 Å². The monoisotopic (exact) mass is 429 g/mol. The lowest BCUT2D eigenvalue weighted by Gasteiger charge is -2.14. The third kappa shape index (κ3) is 6.21. The van der Waals surface area contributed by atoms with E-state index in [1.165, 1.54) is 39.5 Å². The lowest BCUT2D eigenvalue weighted by molar-refractivity contribution is -0.115. The van der Waals surface area contributed by atoms with Crippen molar-refractivity contribution in [2.75, 3.05) is 21.3 Å². The van der Waals surface area contributed by atoms with E-state index in [0.717, 1.165) is 11.1 Å². The molecule has 0 unspecified atom stereocenters. The molecule has 0 aliphatic carbocycles. The minimum absolute atomic E-state index is 0.0608. The fraction of sp³-hybridized carbons (Fsp3) is 0.190. The number of carbonyl (C=O) groups is 2. The number of carbonyl (C=O) groups excluding carboxylic acids is 2. The number of rotatable bonds is 6. The number of benzene rings is 2. The van der Waals surface area contributed by atoms with E-state index in [1.54, 1.807) is 6.08 Å². The van der Waals surface area contributed by atoms with E-state index in [0.29, 0.717) is 17.2 Å². The van der Waals surface area contributed by atoms with Gasteiger partial charge in [0.1, 0.15) is 0 Å². The third-order valence-corrected chi connectivity index (χ3v) is 4.16. The van der Waals surface area contributed by atoms with Gasteiger partial charge in [0.05, 0.1) is 21.3 Å². The second-order valence-corrected chi connectivity index (χ2v) is 6.46. The van der Waals surface area contributed by atoms with Gasteiger partial charge in [0, 0.05) is 11.6 Å². The molecule has 0 bridgehead atoms. The van der Waals surface area contributed by atoms with Gasteiger partial charge < -0.3 is 14.2 Å². The molecule has 0 radical (unpaired) electrons. The molecule has 2 rings (SSSR count). The van der Waals surface area contributed by atoms with E-state index in [2.05, 4.69) is 16.2 Å². The highest BCUT2D eigenvalue weighted by Gasteiger charge is 2.17. The summed E-state index contributed by atoms with van der Waals surface area (Å²) >= 11 is 5.02. The van der Waals surface area contributed by atoms with Crippen molar-refractivity contribution in [3.05, 3.63) is 59.2 Å². The molecule has 158 valence electrons. The van der Waals surface area contributed by atoms with E-state index < -0.39 is 11.8 Å². The Bertz CT molecular complexity index is 933. The Hall–Kier alpha value is -3.59. The Morgan fingerprint density at radius 2 is 1.53 bits per heavy atom. The van der Waals surface area contributed by atoms with Gasteiger partial charge >= 0.3 is 0 Å². The normalized spacial score (nSPS) is 10.3. The first kappa shape index (κ1) is 22.7. The highest BCUT2D eigenvalue weighted by molar-refractivity contribution is 7.80. The maximum absolute atomic E-state index is 12.4. The number of nitrogens with one attached hydrogen (secondary N) is 3. The summed E-state index contributed by atoms with van der Waals surface area (Å²) in [6.07, 6.45) is 3.01. The third-order valence-electron chi connectivity index (χ3n) is 3.96. The van der Waals surface area contributed by atoms with Crippen molar-refractivity contribution in [1.29, 1.82) is 0 Å². The molecule has 2 amide bonds. The smallest absolute Gasteiger partial charge is 0.269 e. The number of hydrogen-bond donors (Lipinski definition) is 3. The van der Waals surface area contributed by atoms with E-state index in [9.17, 15) is 9.59 Å². The summed E-state index contributed by atoms with van der Waals surface area (Å²) in [5.41, 5.74) is 7.13. The number of methoxy groups -OCH3 is 3. The number of thiocarbonyl (C=S) groups is 1. The average Bonchev–Trinajstić information content (AvgIpc) is 2.75. The standard InChI is InChI=1S/C21H23N3O5S/c1-13-5-7-14(8-6-13)9-10-18(25)22-21(30)24-23-20(26)15-11-16(27-2)19(29-4)17(12-15)28-3/h5-12H,1-4H3,(H,23,26)(H2,22,24,25,30)/b10-9+. The first-order valence-electron chi connectivity index (χ1n) is 8.84. The van der Waals surface area contributed by atoms with Gasteiger partial charge in [-0.05, 0) is 42.9 Å². The minimum Gasteiger partial charge on any atom is -0.493 e. The Labute approximate surface area is 180 Å². The molecule has 2 aromatic carbocycles. The van der Waals surface area contributed by atoms with Crippen LogP contribution in [0.3, 0.4) is 0 Å². The Balaban J connectivity index is 1.93. The number of amides is 2. The Kier molecular flexibility index (Phi) is 8.18. The van der Waals surface area contributed by atoms with E-state index >= 15 is 0 Å². The van der Waals surface area contributed by atoms with Crippen molar-refractivity contribution >= 4 is 35.2 Å². The van der Waals surface area contributed by atoms with Crippen LogP contribution in [-0.4, -0.2) is 38.3 Å². The maximum Gasteiger partial charge on any atom is 0.269 e. The largest absolute Gasteiger partial charge is 0.493 e. The van der Waals surface area contributed by atoms with Crippen LogP contribution in [0.4, 0.5) is 0 Å². The molecule has 30 heavy (non-hydrogen) atoms. The second kappa shape index (κ2) is 10.8. The van der Waals surface area contributed by atoms with Crippen molar-refractivity contribution < 1.29 is 23.8 Å². The molecule has 0 aliphatic heterocycles. The summed E-state index contributed by atoms with van der Waals surface area (Å²) in [7, 11) is 4.37. The molecule has 9 heteroatoms. The lowest BCUT2D eigenvalue weighted by Crippen LogP contribution is -2.48. The van der Waals surface area contributed by atoms with Crippen LogP contribution < -0.4 is 30.4 Å². The summed E-state index contributed by atoms with van der Waals surface area (Å²) in [4.78, 5) is 24.4. The van der Waals surface area contributed by atoms with Crippen molar-refractivity contribution in [2.45, 2.75) is 6.92 Å². The molecule has 0 atom stereocenters. The van der Waals surface area contributed by atoms with Crippen LogP contribution in [0.25, 0.3) is 6.08 Å². The predicted molar refractivity (Wildman–Crippen MR) is 118 cm³/mol. The van der Waals surface area contributed by atoms with Gasteiger partial charge in [-0.25, -0.2) is 0 Å². The van der Waals surface area contributed by atoms with Crippen molar-refractivity contribution in [3.63, 3.8) is 0 Å². The highest BCUT2D eigenvalue weighted by atomic mass is 32.1. The molecular weight excluding hydrogens is 406 g/mol. The summed E-state index contributed by atoms with van der Waals surface area (Å²) in [5.74, 6) is 0.0852. The van der Waals surface area contributed by atoms with Gasteiger partial charge in [0.15, 0.2) is 16.6 Å². The van der Waals surface area contributed by atoms with E-state index in [4.69, 9.17) is 26.4 Å². The summed E-state index contributed by atoms with van der Waals surface area (Å²) in [6, 6.07) is 10.7. The number of ether oxygens (including phenoxy) is 3. The van der Waals surface area contributed by atoms with Crippen LogP contribution in [0.2, 0.25) is 0 Å². The van der Waals surface area contributed by atoms with Crippen LogP contribution in [-0.2, 0) is 4.79 Å². The SMILES string of the molecule is COc1cc(C(=O)NNC(=S)NC(=O)/C=C/c2ccc(C)cc2)cc(OC)c1OC. The van der Waals surface area contributed by atoms with Gasteiger partial charge in [0.2, 0.25) is 11.7 Å². The molecule has 0 saturated carbocycles. The zero-order chi connectivity index (χ0) is 22.1. The average molecular weight is 429 g/mol. The molecule has 0 fully saturated rings. The van der Waals surface area contributed by atoms with Crippen LogP contribution in [0.15, 0.2) is 42.5 Å². The van der Waals surface area contributed by atoms with Crippen LogP contribution in [0.5, 0.6) is 17.2 Å².